The summed E-state index contributed by atoms with van der Waals surface area (Å²) in [4.78, 5) is 0. The number of benzene rings is 1. The van der Waals surface area contributed by atoms with Crippen molar-refractivity contribution >= 4 is 11.6 Å². The topological polar surface area (TPSA) is 46.2 Å². The highest BCUT2D eigenvalue weighted by atomic mass is 35.5. The summed E-state index contributed by atoms with van der Waals surface area (Å²) in [6, 6.07) is 5.37. The molecule has 3 N–H and O–H groups in total. The van der Waals surface area contributed by atoms with Crippen molar-refractivity contribution in [1.82, 2.24) is 0 Å². The predicted octanol–water partition coefficient (Wildman–Crippen LogP) is 1.26. The Balaban J connectivity index is 2.48. The maximum Gasteiger partial charge on any atom is 0.0947 e. The predicted molar refractivity (Wildman–Crippen MR) is 48.1 cm³/mol. The zero-order valence-electron chi connectivity index (χ0n) is 6.50. The van der Waals surface area contributed by atoms with Gasteiger partial charge in [0.2, 0.25) is 0 Å². The Hall–Kier alpha value is -0.570. The van der Waals surface area contributed by atoms with Gasteiger partial charge in [0.15, 0.2) is 0 Å². The lowest BCUT2D eigenvalue weighted by atomic mass is 10.1. The van der Waals surface area contributed by atoms with E-state index in [1.807, 2.05) is 12.1 Å². The Morgan fingerprint density at radius 2 is 2.25 bits per heavy atom. The first-order chi connectivity index (χ1) is 5.68. The summed E-state index contributed by atoms with van der Waals surface area (Å²) in [5.74, 6) is 0. The van der Waals surface area contributed by atoms with Crippen LogP contribution in [0.25, 0.3) is 0 Å². The van der Waals surface area contributed by atoms with Crippen molar-refractivity contribution in [3.05, 3.63) is 34.3 Å². The highest BCUT2D eigenvalue weighted by Gasteiger charge is 2.27. The van der Waals surface area contributed by atoms with E-state index in [-0.39, 0.29) is 6.04 Å². The Bertz CT molecular complexity index is 313. The summed E-state index contributed by atoms with van der Waals surface area (Å²) < 4.78 is 0. The van der Waals surface area contributed by atoms with E-state index in [1.54, 1.807) is 6.07 Å². The standard InChI is InChI=1S/C9H10ClNO/c10-6-2-1-5-3-8(11)9(12)7(5)4-6/h1-2,4,8-9,12H,3,11H2/t8-,9+/m0/s1. The molecule has 64 valence electrons. The van der Waals surface area contributed by atoms with Gasteiger partial charge in [0.25, 0.3) is 0 Å². The second kappa shape index (κ2) is 2.73. The highest BCUT2D eigenvalue weighted by Crippen LogP contribution is 2.31. The second-order valence-corrected chi connectivity index (χ2v) is 3.59. The maximum atomic E-state index is 9.59. The molecule has 12 heavy (non-hydrogen) atoms. The van der Waals surface area contributed by atoms with Gasteiger partial charge in [-0.15, -0.1) is 0 Å². The summed E-state index contributed by atoms with van der Waals surface area (Å²) in [6.45, 7) is 0. The maximum absolute atomic E-state index is 9.59. The molecule has 2 atom stereocenters. The molecule has 1 aliphatic carbocycles. The lowest BCUT2D eigenvalue weighted by Gasteiger charge is -2.07. The molecule has 0 fully saturated rings. The largest absolute Gasteiger partial charge is 0.387 e. The Morgan fingerprint density at radius 1 is 1.50 bits per heavy atom. The molecule has 1 aromatic carbocycles. The van der Waals surface area contributed by atoms with Crippen LogP contribution < -0.4 is 5.73 Å². The molecule has 2 rings (SSSR count). The van der Waals surface area contributed by atoms with E-state index in [0.717, 1.165) is 17.5 Å². The molecule has 0 bridgehead atoms. The van der Waals surface area contributed by atoms with Crippen molar-refractivity contribution in [1.29, 1.82) is 0 Å². The SMILES string of the molecule is N[C@H]1Cc2ccc(Cl)cc2[C@H]1O. The lowest BCUT2D eigenvalue weighted by molar-refractivity contribution is 0.159. The van der Waals surface area contributed by atoms with Gasteiger partial charge in [0.1, 0.15) is 0 Å². The van der Waals surface area contributed by atoms with Crippen molar-refractivity contribution in [3.63, 3.8) is 0 Å². The van der Waals surface area contributed by atoms with Crippen LogP contribution in [0.15, 0.2) is 18.2 Å². The van der Waals surface area contributed by atoms with Gasteiger partial charge in [-0.2, -0.15) is 0 Å². The summed E-state index contributed by atoms with van der Waals surface area (Å²) >= 11 is 5.78. The van der Waals surface area contributed by atoms with E-state index in [4.69, 9.17) is 17.3 Å². The third-order valence-corrected chi connectivity index (χ3v) is 2.52. The van der Waals surface area contributed by atoms with Gasteiger partial charge in [-0.25, -0.2) is 0 Å². The van der Waals surface area contributed by atoms with Crippen LogP contribution in [0.4, 0.5) is 0 Å². The first-order valence-electron chi connectivity index (χ1n) is 3.90. The van der Waals surface area contributed by atoms with Crippen LogP contribution in [-0.4, -0.2) is 11.1 Å². The molecule has 0 amide bonds. The smallest absolute Gasteiger partial charge is 0.0947 e. The molecular formula is C9H10ClNO. The molecule has 0 heterocycles. The lowest BCUT2D eigenvalue weighted by Crippen LogP contribution is -2.24. The number of fused-ring (bicyclic) bond motifs is 1. The van der Waals surface area contributed by atoms with Crippen molar-refractivity contribution in [2.24, 2.45) is 5.73 Å². The minimum atomic E-state index is -0.543. The number of aliphatic hydroxyl groups is 1. The minimum absolute atomic E-state index is 0.168. The van der Waals surface area contributed by atoms with E-state index in [1.165, 1.54) is 0 Å². The van der Waals surface area contributed by atoms with E-state index in [0.29, 0.717) is 5.02 Å². The minimum Gasteiger partial charge on any atom is -0.387 e. The van der Waals surface area contributed by atoms with Gasteiger partial charge < -0.3 is 10.8 Å². The van der Waals surface area contributed by atoms with Gasteiger partial charge in [0.05, 0.1) is 6.10 Å². The van der Waals surface area contributed by atoms with Gasteiger partial charge >= 0.3 is 0 Å². The van der Waals surface area contributed by atoms with Crippen molar-refractivity contribution in [2.75, 3.05) is 0 Å². The fourth-order valence-corrected chi connectivity index (χ4v) is 1.80. The van der Waals surface area contributed by atoms with Crippen molar-refractivity contribution in [3.8, 4) is 0 Å². The summed E-state index contributed by atoms with van der Waals surface area (Å²) in [7, 11) is 0. The fraction of sp³-hybridized carbons (Fsp3) is 0.333. The van der Waals surface area contributed by atoms with Crippen LogP contribution in [-0.2, 0) is 6.42 Å². The summed E-state index contributed by atoms with van der Waals surface area (Å²) in [5, 5.41) is 10.2. The Kier molecular flexibility index (Phi) is 1.83. The normalized spacial score (nSPS) is 27.2. The van der Waals surface area contributed by atoms with E-state index in [9.17, 15) is 5.11 Å². The summed E-state index contributed by atoms with van der Waals surface area (Å²) in [5.41, 5.74) is 7.68. The average molecular weight is 184 g/mol. The molecule has 1 aromatic rings. The number of aliphatic hydroxyl groups excluding tert-OH is 1. The van der Waals surface area contributed by atoms with Crippen molar-refractivity contribution < 1.29 is 5.11 Å². The summed E-state index contributed by atoms with van der Waals surface area (Å²) in [6.07, 6.45) is 0.201. The quantitative estimate of drug-likeness (QED) is 0.636. The van der Waals surface area contributed by atoms with Gasteiger partial charge in [-0.3, -0.25) is 0 Å². The van der Waals surface area contributed by atoms with Crippen LogP contribution in [0.5, 0.6) is 0 Å². The molecular weight excluding hydrogens is 174 g/mol. The van der Waals surface area contributed by atoms with Crippen LogP contribution in [0, 0.1) is 0 Å². The van der Waals surface area contributed by atoms with Gasteiger partial charge in [0, 0.05) is 11.1 Å². The van der Waals surface area contributed by atoms with Crippen LogP contribution in [0.1, 0.15) is 17.2 Å². The van der Waals surface area contributed by atoms with E-state index >= 15 is 0 Å². The van der Waals surface area contributed by atoms with Gasteiger partial charge in [-0.05, 0) is 29.7 Å². The molecule has 0 saturated carbocycles. The zero-order valence-corrected chi connectivity index (χ0v) is 7.25. The molecule has 0 spiro atoms. The molecule has 1 aliphatic rings. The molecule has 0 saturated heterocycles. The van der Waals surface area contributed by atoms with E-state index in [2.05, 4.69) is 0 Å². The zero-order chi connectivity index (χ0) is 8.72. The highest BCUT2D eigenvalue weighted by molar-refractivity contribution is 6.30. The van der Waals surface area contributed by atoms with Gasteiger partial charge in [-0.1, -0.05) is 17.7 Å². The monoisotopic (exact) mass is 183 g/mol. The third-order valence-electron chi connectivity index (χ3n) is 2.29. The second-order valence-electron chi connectivity index (χ2n) is 3.16. The number of halogens is 1. The number of rotatable bonds is 0. The molecule has 3 heteroatoms. The van der Waals surface area contributed by atoms with Crippen LogP contribution >= 0.6 is 11.6 Å². The number of nitrogens with two attached hydrogens (primary N) is 1. The Morgan fingerprint density at radius 3 is 3.00 bits per heavy atom. The number of hydrogen-bond donors (Lipinski definition) is 2. The Labute approximate surface area is 76.0 Å². The third kappa shape index (κ3) is 1.12. The number of hydrogen-bond acceptors (Lipinski definition) is 2. The van der Waals surface area contributed by atoms with Crippen LogP contribution in [0.2, 0.25) is 5.02 Å². The first-order valence-corrected chi connectivity index (χ1v) is 4.28. The molecule has 0 radical (unpaired) electrons. The molecule has 0 aliphatic heterocycles. The average Bonchev–Trinajstić information content (AvgIpc) is 2.31. The molecule has 2 nitrogen and oxygen atoms in total. The first kappa shape index (κ1) is 8.05. The van der Waals surface area contributed by atoms with Crippen LogP contribution in [0.3, 0.4) is 0 Å². The van der Waals surface area contributed by atoms with E-state index < -0.39 is 6.10 Å². The fourth-order valence-electron chi connectivity index (χ4n) is 1.62. The molecule has 0 aromatic heterocycles. The molecule has 0 unspecified atom stereocenters. The van der Waals surface area contributed by atoms with Crippen molar-refractivity contribution in [2.45, 2.75) is 18.6 Å².